The maximum Gasteiger partial charge on any atom is 0.276 e. The summed E-state index contributed by atoms with van der Waals surface area (Å²) in [5.74, 6) is -0.746. The van der Waals surface area contributed by atoms with Crippen LogP contribution in [0.1, 0.15) is 30.5 Å². The molecule has 0 unspecified atom stereocenters. The molecule has 0 bridgehead atoms. The van der Waals surface area contributed by atoms with Crippen LogP contribution in [0.3, 0.4) is 0 Å². The van der Waals surface area contributed by atoms with Crippen molar-refractivity contribution in [2.45, 2.75) is 13.2 Å². The van der Waals surface area contributed by atoms with Crippen LogP contribution in [0.4, 0.5) is 0 Å². The van der Waals surface area contributed by atoms with Crippen molar-refractivity contribution in [3.63, 3.8) is 0 Å². The highest BCUT2D eigenvalue weighted by atomic mass is 32.1. The van der Waals surface area contributed by atoms with Crippen molar-refractivity contribution in [2.75, 3.05) is 0 Å². The number of hydrazine groups is 1. The Morgan fingerprint density at radius 1 is 0.892 bits per heavy atom. The number of imide groups is 1. The second kappa shape index (κ2) is 7.56. The number of H-pyrrole nitrogens is 1. The van der Waals surface area contributed by atoms with Crippen LogP contribution in [-0.2, 0) is 20.2 Å². The van der Waals surface area contributed by atoms with Crippen LogP contribution < -0.4 is 5.43 Å². The number of thiophene rings is 1. The van der Waals surface area contributed by atoms with Gasteiger partial charge < -0.3 is 24.9 Å². The molecule has 5 N–H and O–H groups in total. The molecule has 0 saturated heterocycles. The smallest absolute Gasteiger partial charge is 0.276 e. The lowest BCUT2D eigenvalue weighted by molar-refractivity contribution is 0.0564. The first-order chi connectivity index (χ1) is 17.9. The number of carbonyl (C=O) groups is 2. The fraction of sp³-hybridized carbons (Fsp3) is 0.111. The summed E-state index contributed by atoms with van der Waals surface area (Å²) in [6, 6.07) is 13.5. The van der Waals surface area contributed by atoms with Crippen LogP contribution in [0.2, 0.25) is 0 Å². The second-order valence-corrected chi connectivity index (χ2v) is 10.4. The molecule has 9 nitrogen and oxygen atoms in total. The number of aromatic hydroxyl groups is 2. The van der Waals surface area contributed by atoms with E-state index in [2.05, 4.69) is 10.4 Å². The molecule has 3 aromatic heterocycles. The van der Waals surface area contributed by atoms with Gasteiger partial charge >= 0.3 is 0 Å². The second-order valence-electron chi connectivity index (χ2n) is 9.15. The summed E-state index contributed by atoms with van der Waals surface area (Å²) in [6.07, 6.45) is 0. The number of hydrogen-bond donors (Lipinski definition) is 5. The van der Waals surface area contributed by atoms with Gasteiger partial charge in [-0.25, -0.2) is 10.4 Å². The van der Waals surface area contributed by atoms with Gasteiger partial charge in [-0.3, -0.25) is 9.59 Å². The molecule has 1 aliphatic rings. The van der Waals surface area contributed by atoms with Crippen LogP contribution in [0.5, 0.6) is 11.5 Å². The first-order valence-corrected chi connectivity index (χ1v) is 12.4. The molecular formula is C27H20N4O5S. The van der Waals surface area contributed by atoms with Crippen LogP contribution in [0, 0.1) is 0 Å². The Balaban J connectivity index is 1.53. The van der Waals surface area contributed by atoms with Crippen molar-refractivity contribution in [1.29, 1.82) is 0 Å². The number of phenols is 2. The maximum absolute atomic E-state index is 13.9. The van der Waals surface area contributed by atoms with E-state index >= 15 is 0 Å². The Hall–Kier alpha value is -4.38. The number of aliphatic hydroxyl groups excluding tert-OH is 1. The van der Waals surface area contributed by atoms with Gasteiger partial charge in [-0.1, -0.05) is 0 Å². The monoisotopic (exact) mass is 512 g/mol. The summed E-state index contributed by atoms with van der Waals surface area (Å²) in [5, 5.41) is 33.3. The van der Waals surface area contributed by atoms with Gasteiger partial charge in [-0.2, -0.15) is 0 Å². The summed E-state index contributed by atoms with van der Waals surface area (Å²) < 4.78 is 1.90. The lowest BCUT2D eigenvalue weighted by Crippen LogP contribution is -2.41. The zero-order valence-electron chi connectivity index (χ0n) is 19.5. The normalized spacial score (nSPS) is 13.7. The number of nitrogens with zero attached hydrogens (tertiary/aromatic N) is 2. The predicted molar refractivity (Wildman–Crippen MR) is 141 cm³/mol. The van der Waals surface area contributed by atoms with Crippen molar-refractivity contribution in [2.24, 2.45) is 7.05 Å². The molecule has 0 radical (unpaired) electrons. The quantitative estimate of drug-likeness (QED) is 0.225. The molecule has 3 aromatic carbocycles. The van der Waals surface area contributed by atoms with Gasteiger partial charge in [-0.05, 0) is 36.4 Å². The van der Waals surface area contributed by atoms with E-state index in [0.29, 0.717) is 43.8 Å². The summed E-state index contributed by atoms with van der Waals surface area (Å²) in [4.78, 5) is 32.8. The van der Waals surface area contributed by atoms with E-state index in [4.69, 9.17) is 0 Å². The van der Waals surface area contributed by atoms with Gasteiger partial charge in [0.2, 0.25) is 0 Å². The number of hydrogen-bond acceptors (Lipinski definition) is 7. The molecule has 0 spiro atoms. The third kappa shape index (κ3) is 2.91. The minimum absolute atomic E-state index is 0.0690. The van der Waals surface area contributed by atoms with Gasteiger partial charge in [0.05, 0.1) is 46.3 Å². The van der Waals surface area contributed by atoms with Crippen molar-refractivity contribution in [1.82, 2.24) is 20.0 Å². The molecule has 2 amide bonds. The van der Waals surface area contributed by atoms with E-state index in [9.17, 15) is 24.9 Å². The Morgan fingerprint density at radius 2 is 1.57 bits per heavy atom. The molecule has 0 aliphatic carbocycles. The van der Waals surface area contributed by atoms with Crippen LogP contribution in [0.15, 0.2) is 48.5 Å². The van der Waals surface area contributed by atoms with E-state index < -0.39 is 11.8 Å². The lowest BCUT2D eigenvalue weighted by atomic mass is 9.96. The first-order valence-electron chi connectivity index (χ1n) is 11.6. The van der Waals surface area contributed by atoms with E-state index in [1.807, 2.05) is 23.7 Å². The molecule has 37 heavy (non-hydrogen) atoms. The minimum atomic E-state index is -0.462. The number of aromatic nitrogens is 2. The molecule has 1 aliphatic heterocycles. The van der Waals surface area contributed by atoms with E-state index in [1.54, 1.807) is 36.4 Å². The fourth-order valence-electron chi connectivity index (χ4n) is 5.49. The zero-order chi connectivity index (χ0) is 25.6. The summed E-state index contributed by atoms with van der Waals surface area (Å²) >= 11 is 1.40. The third-order valence-electron chi connectivity index (χ3n) is 7.07. The number of fused-ring (bicyclic) bond motifs is 10. The fourth-order valence-corrected chi connectivity index (χ4v) is 6.30. The van der Waals surface area contributed by atoms with Crippen LogP contribution in [-0.4, -0.2) is 41.7 Å². The Bertz CT molecular complexity index is 1960. The summed E-state index contributed by atoms with van der Waals surface area (Å²) in [5.41, 5.74) is 6.32. The van der Waals surface area contributed by atoms with Gasteiger partial charge in [0, 0.05) is 50.5 Å². The number of benzene rings is 3. The van der Waals surface area contributed by atoms with Gasteiger partial charge in [0.15, 0.2) is 0 Å². The van der Waals surface area contributed by atoms with E-state index in [1.165, 1.54) is 11.3 Å². The molecule has 10 heteroatoms. The first kappa shape index (κ1) is 21.9. The minimum Gasteiger partial charge on any atom is -0.508 e. The largest absolute Gasteiger partial charge is 0.508 e. The number of aryl methyl sites for hydroxylation is 1. The molecule has 0 atom stereocenters. The number of amides is 2. The van der Waals surface area contributed by atoms with Gasteiger partial charge in [0.25, 0.3) is 11.8 Å². The third-order valence-corrected chi connectivity index (χ3v) is 8.14. The average molecular weight is 513 g/mol. The molecule has 4 heterocycles. The highest BCUT2D eigenvalue weighted by Gasteiger charge is 2.41. The topological polar surface area (TPSA) is 131 Å². The van der Waals surface area contributed by atoms with E-state index in [0.717, 1.165) is 25.7 Å². The Labute approximate surface area is 212 Å². The van der Waals surface area contributed by atoms with Gasteiger partial charge in [-0.15, -0.1) is 11.3 Å². The summed E-state index contributed by atoms with van der Waals surface area (Å²) in [7, 11) is 1.85. The zero-order valence-corrected chi connectivity index (χ0v) is 20.3. The molecule has 184 valence electrons. The molecule has 0 fully saturated rings. The number of rotatable bonds is 4. The number of nitrogens with one attached hydrogen (secondary N) is 2. The van der Waals surface area contributed by atoms with Crippen LogP contribution in [0.25, 0.3) is 43.6 Å². The van der Waals surface area contributed by atoms with Crippen molar-refractivity contribution < 1.29 is 24.9 Å². The average Bonchev–Trinajstić information content (AvgIpc) is 3.61. The SMILES string of the molecule is Cn1c2cc(O)ccc2c2c3c(c4c5ccc(O)cc5[nH]c4c21)C(=O)N(NCc1ccc(CO)s1)C3=O. The maximum atomic E-state index is 13.9. The molecule has 6 aromatic rings. The van der Waals surface area contributed by atoms with Crippen molar-refractivity contribution >= 4 is 66.8 Å². The van der Waals surface area contributed by atoms with Crippen LogP contribution >= 0.6 is 11.3 Å². The Kier molecular flexibility index (Phi) is 4.47. The number of phenolic OH excluding ortho intramolecular Hbond substituents is 2. The standard InChI is InChI=1S/C27H20N4O5S/c1-30-19-9-13(34)3-7-17(19)21-23-22(20-16-6-2-12(33)8-18(16)29-24(20)25(21)30)26(35)31(27(23)36)28-10-14-4-5-15(11-32)37-14/h2-9,28-29,32-34H,10-11H2,1H3. The Morgan fingerprint density at radius 3 is 2.30 bits per heavy atom. The van der Waals surface area contributed by atoms with Gasteiger partial charge in [0.1, 0.15) is 11.5 Å². The highest BCUT2D eigenvalue weighted by molar-refractivity contribution is 7.11. The highest BCUT2D eigenvalue weighted by Crippen LogP contribution is 2.45. The summed E-state index contributed by atoms with van der Waals surface area (Å²) in [6.45, 7) is 0.175. The number of aliphatic hydroxyl groups is 1. The molecular weight excluding hydrogens is 492 g/mol. The van der Waals surface area contributed by atoms with E-state index in [-0.39, 0.29) is 24.7 Å². The van der Waals surface area contributed by atoms with Crippen molar-refractivity contribution in [3.8, 4) is 11.5 Å². The predicted octanol–water partition coefficient (Wildman–Crippen LogP) is 4.23. The molecule has 7 rings (SSSR count). The van der Waals surface area contributed by atoms with Crippen molar-refractivity contribution in [3.05, 3.63) is 69.4 Å². The molecule has 0 saturated carbocycles. The number of carbonyl (C=O) groups excluding carboxylic acids is 2. The lowest BCUT2D eigenvalue weighted by Gasteiger charge is -2.14. The number of aromatic amines is 1.